The summed E-state index contributed by atoms with van der Waals surface area (Å²) in [5.74, 6) is 0.0256. The standard InChI is InChI=1S/C19H17FN4O/c20-15-8-3-7-14-18(15)22-12-23-19(14)21-11-17(25)24-10-4-6-13-5-1-2-9-16(13)24/h1-3,5,7-9,12H,4,6,10-11H2,(H,21,22,23). The highest BCUT2D eigenvalue weighted by molar-refractivity contribution is 5.98. The van der Waals surface area contributed by atoms with E-state index in [-0.39, 0.29) is 18.0 Å². The lowest BCUT2D eigenvalue weighted by molar-refractivity contribution is -0.117. The van der Waals surface area contributed by atoms with Crippen LogP contribution in [0.1, 0.15) is 12.0 Å². The Labute approximate surface area is 144 Å². The summed E-state index contributed by atoms with van der Waals surface area (Å²) in [6.07, 6.45) is 3.24. The molecule has 1 amide bonds. The lowest BCUT2D eigenvalue weighted by Crippen LogP contribution is -2.39. The number of halogens is 1. The quantitative estimate of drug-likeness (QED) is 0.798. The fourth-order valence-electron chi connectivity index (χ4n) is 3.24. The maximum absolute atomic E-state index is 13.8. The number of rotatable bonds is 3. The monoisotopic (exact) mass is 336 g/mol. The zero-order chi connectivity index (χ0) is 17.2. The summed E-state index contributed by atoms with van der Waals surface area (Å²) in [5.41, 5.74) is 2.41. The van der Waals surface area contributed by atoms with E-state index in [1.807, 2.05) is 18.2 Å². The first-order chi connectivity index (χ1) is 12.2. The van der Waals surface area contributed by atoms with Crippen molar-refractivity contribution in [3.8, 4) is 0 Å². The van der Waals surface area contributed by atoms with E-state index in [2.05, 4.69) is 21.4 Å². The zero-order valence-electron chi connectivity index (χ0n) is 13.6. The lowest BCUT2D eigenvalue weighted by Gasteiger charge is -2.29. The Balaban J connectivity index is 1.55. The minimum atomic E-state index is -0.403. The number of aromatic nitrogens is 2. The van der Waals surface area contributed by atoms with Crippen molar-refractivity contribution in [2.24, 2.45) is 0 Å². The number of benzene rings is 2. The molecule has 3 aromatic rings. The van der Waals surface area contributed by atoms with Gasteiger partial charge in [-0.05, 0) is 36.6 Å². The number of carbonyl (C=O) groups is 1. The average Bonchev–Trinajstić information content (AvgIpc) is 2.66. The van der Waals surface area contributed by atoms with Crippen molar-refractivity contribution in [1.82, 2.24) is 9.97 Å². The van der Waals surface area contributed by atoms with Crippen LogP contribution in [-0.4, -0.2) is 29.0 Å². The molecule has 25 heavy (non-hydrogen) atoms. The van der Waals surface area contributed by atoms with Gasteiger partial charge in [0.1, 0.15) is 23.5 Å². The van der Waals surface area contributed by atoms with Gasteiger partial charge in [-0.25, -0.2) is 14.4 Å². The van der Waals surface area contributed by atoms with Crippen LogP contribution in [-0.2, 0) is 11.2 Å². The van der Waals surface area contributed by atoms with Gasteiger partial charge in [0.25, 0.3) is 0 Å². The summed E-state index contributed by atoms with van der Waals surface area (Å²) in [5, 5.41) is 3.60. The molecule has 2 heterocycles. The predicted octanol–water partition coefficient (Wildman–Crippen LogP) is 3.16. The van der Waals surface area contributed by atoms with E-state index >= 15 is 0 Å². The second kappa shape index (κ2) is 6.47. The molecular weight excluding hydrogens is 319 g/mol. The lowest BCUT2D eigenvalue weighted by atomic mass is 10.0. The Hall–Kier alpha value is -3.02. The summed E-state index contributed by atoms with van der Waals surface area (Å²) < 4.78 is 13.8. The third-order valence-electron chi connectivity index (χ3n) is 4.43. The maximum atomic E-state index is 13.8. The number of nitrogens with one attached hydrogen (secondary N) is 1. The SMILES string of the molecule is O=C(CNc1ncnc2c(F)cccc12)N1CCCc2ccccc21. The fourth-order valence-corrected chi connectivity index (χ4v) is 3.24. The number of hydrogen-bond acceptors (Lipinski definition) is 4. The Morgan fingerprint density at radius 1 is 1.16 bits per heavy atom. The molecule has 1 aliphatic heterocycles. The molecule has 6 heteroatoms. The molecule has 0 bridgehead atoms. The van der Waals surface area contributed by atoms with E-state index in [1.165, 1.54) is 18.0 Å². The minimum Gasteiger partial charge on any atom is -0.360 e. The van der Waals surface area contributed by atoms with Gasteiger partial charge in [0, 0.05) is 17.6 Å². The first-order valence-electron chi connectivity index (χ1n) is 8.25. The van der Waals surface area contributed by atoms with E-state index in [4.69, 9.17) is 0 Å². The number of amides is 1. The number of aryl methyl sites for hydroxylation is 1. The van der Waals surface area contributed by atoms with Gasteiger partial charge in [0.15, 0.2) is 0 Å². The molecule has 0 saturated heterocycles. The Morgan fingerprint density at radius 2 is 2.04 bits per heavy atom. The van der Waals surface area contributed by atoms with Crippen LogP contribution in [0, 0.1) is 5.82 Å². The molecule has 0 atom stereocenters. The normalized spacial score (nSPS) is 13.6. The summed E-state index contributed by atoms with van der Waals surface area (Å²) in [4.78, 5) is 22.6. The van der Waals surface area contributed by atoms with Crippen molar-refractivity contribution in [2.75, 3.05) is 23.3 Å². The van der Waals surface area contributed by atoms with Gasteiger partial charge < -0.3 is 10.2 Å². The molecule has 126 valence electrons. The zero-order valence-corrected chi connectivity index (χ0v) is 13.6. The van der Waals surface area contributed by atoms with Gasteiger partial charge in [-0.2, -0.15) is 0 Å². The molecule has 0 unspecified atom stereocenters. The van der Waals surface area contributed by atoms with Crippen molar-refractivity contribution >= 4 is 28.3 Å². The van der Waals surface area contributed by atoms with Crippen LogP contribution in [0.3, 0.4) is 0 Å². The summed E-state index contributed by atoms with van der Waals surface area (Å²) in [7, 11) is 0. The summed E-state index contributed by atoms with van der Waals surface area (Å²) >= 11 is 0. The largest absolute Gasteiger partial charge is 0.360 e. The van der Waals surface area contributed by atoms with E-state index in [0.29, 0.717) is 17.7 Å². The molecule has 0 radical (unpaired) electrons. The highest BCUT2D eigenvalue weighted by Crippen LogP contribution is 2.27. The van der Waals surface area contributed by atoms with E-state index in [9.17, 15) is 9.18 Å². The van der Waals surface area contributed by atoms with Gasteiger partial charge in [0.2, 0.25) is 5.91 Å². The second-order valence-electron chi connectivity index (χ2n) is 5.99. The summed E-state index contributed by atoms with van der Waals surface area (Å²) in [6, 6.07) is 12.7. The highest BCUT2D eigenvalue weighted by Gasteiger charge is 2.22. The number of anilines is 2. The molecule has 0 spiro atoms. The smallest absolute Gasteiger partial charge is 0.246 e. The first-order valence-corrected chi connectivity index (χ1v) is 8.25. The van der Waals surface area contributed by atoms with Crippen molar-refractivity contribution in [3.63, 3.8) is 0 Å². The number of carbonyl (C=O) groups excluding carboxylic acids is 1. The minimum absolute atomic E-state index is 0.0321. The van der Waals surface area contributed by atoms with Gasteiger partial charge in [-0.3, -0.25) is 4.79 Å². The van der Waals surface area contributed by atoms with Crippen molar-refractivity contribution in [1.29, 1.82) is 0 Å². The van der Waals surface area contributed by atoms with Crippen molar-refractivity contribution in [2.45, 2.75) is 12.8 Å². The predicted molar refractivity (Wildman–Crippen MR) is 95.1 cm³/mol. The van der Waals surface area contributed by atoms with Crippen LogP contribution in [0.4, 0.5) is 15.9 Å². The first kappa shape index (κ1) is 15.5. The maximum Gasteiger partial charge on any atom is 0.246 e. The summed E-state index contributed by atoms with van der Waals surface area (Å²) in [6.45, 7) is 0.799. The van der Waals surface area contributed by atoms with Gasteiger partial charge in [0.05, 0.1) is 6.54 Å². The molecule has 0 aliphatic carbocycles. The fraction of sp³-hybridized carbons (Fsp3) is 0.211. The number of fused-ring (bicyclic) bond motifs is 2. The average molecular weight is 336 g/mol. The highest BCUT2D eigenvalue weighted by atomic mass is 19.1. The van der Waals surface area contributed by atoms with Crippen LogP contribution in [0.15, 0.2) is 48.8 Å². The Morgan fingerprint density at radius 3 is 2.96 bits per heavy atom. The van der Waals surface area contributed by atoms with Gasteiger partial charge >= 0.3 is 0 Å². The van der Waals surface area contributed by atoms with E-state index in [1.54, 1.807) is 17.0 Å². The number of nitrogens with zero attached hydrogens (tertiary/aromatic N) is 3. The number of hydrogen-bond donors (Lipinski definition) is 1. The molecule has 0 fully saturated rings. The van der Waals surface area contributed by atoms with E-state index in [0.717, 1.165) is 18.5 Å². The van der Waals surface area contributed by atoms with E-state index < -0.39 is 5.82 Å². The second-order valence-corrected chi connectivity index (χ2v) is 5.99. The molecule has 4 rings (SSSR count). The third kappa shape index (κ3) is 2.91. The van der Waals surface area contributed by atoms with Crippen molar-refractivity contribution in [3.05, 3.63) is 60.2 Å². The molecule has 1 aromatic heterocycles. The molecule has 1 aliphatic rings. The Kier molecular flexibility index (Phi) is 4.01. The van der Waals surface area contributed by atoms with Crippen LogP contribution < -0.4 is 10.2 Å². The topological polar surface area (TPSA) is 58.1 Å². The molecular formula is C19H17FN4O. The molecule has 0 saturated carbocycles. The van der Waals surface area contributed by atoms with Crippen LogP contribution in [0.5, 0.6) is 0 Å². The Bertz CT molecular complexity index is 944. The van der Waals surface area contributed by atoms with Crippen LogP contribution in [0.25, 0.3) is 10.9 Å². The van der Waals surface area contributed by atoms with Crippen molar-refractivity contribution < 1.29 is 9.18 Å². The van der Waals surface area contributed by atoms with Crippen LogP contribution >= 0.6 is 0 Å². The number of para-hydroxylation sites is 2. The molecule has 1 N–H and O–H groups in total. The van der Waals surface area contributed by atoms with Gasteiger partial charge in [-0.15, -0.1) is 0 Å². The van der Waals surface area contributed by atoms with Gasteiger partial charge in [-0.1, -0.05) is 24.3 Å². The van der Waals surface area contributed by atoms with Crippen LogP contribution in [0.2, 0.25) is 0 Å². The molecule has 5 nitrogen and oxygen atoms in total. The third-order valence-corrected chi connectivity index (χ3v) is 4.43. The molecule has 2 aromatic carbocycles.